The lowest BCUT2D eigenvalue weighted by molar-refractivity contribution is -0.257. The maximum absolute atomic E-state index is 13.7. The highest BCUT2D eigenvalue weighted by molar-refractivity contribution is 5.89. The van der Waals surface area contributed by atoms with Crippen LogP contribution < -0.4 is 10.4 Å². The van der Waals surface area contributed by atoms with Crippen LogP contribution in [0, 0.1) is 28.6 Å². The van der Waals surface area contributed by atoms with E-state index < -0.39 is 46.2 Å². The Morgan fingerprint density at radius 1 is 1.13 bits per heavy atom. The van der Waals surface area contributed by atoms with E-state index >= 15 is 0 Å². The van der Waals surface area contributed by atoms with Crippen molar-refractivity contribution < 1.29 is 33.3 Å². The molecular weight excluding hydrogens is 586 g/mol. The summed E-state index contributed by atoms with van der Waals surface area (Å²) in [7, 11) is 0. The van der Waals surface area contributed by atoms with Crippen molar-refractivity contribution in [2.75, 3.05) is 6.61 Å². The van der Waals surface area contributed by atoms with Gasteiger partial charge in [-0.2, -0.15) is 0 Å². The first-order valence-corrected chi connectivity index (χ1v) is 16.2. The molecule has 0 bridgehead atoms. The highest BCUT2D eigenvalue weighted by atomic mass is 16.6. The quantitative estimate of drug-likeness (QED) is 0.312. The number of carbonyl (C=O) groups is 2. The molecule has 8 atom stereocenters. The van der Waals surface area contributed by atoms with Gasteiger partial charge in [-0.05, 0) is 79.7 Å². The van der Waals surface area contributed by atoms with Crippen LogP contribution in [0.2, 0.25) is 0 Å². The molecule has 2 aromatic heterocycles. The van der Waals surface area contributed by atoms with Gasteiger partial charge >= 0.3 is 17.6 Å². The fourth-order valence-electron chi connectivity index (χ4n) is 8.77. The highest BCUT2D eigenvalue weighted by Gasteiger charge is 2.70. The monoisotopic (exact) mass is 629 g/mol. The minimum atomic E-state index is -1.27. The molecule has 3 aromatic rings. The molecule has 1 aliphatic heterocycles. The normalized spacial score (nSPS) is 33.1. The Bertz CT molecular complexity index is 1690. The van der Waals surface area contributed by atoms with Crippen molar-refractivity contribution in [3.63, 3.8) is 0 Å². The molecule has 2 fully saturated rings. The molecular formula is C37H43NO8. The van der Waals surface area contributed by atoms with Crippen LogP contribution in [-0.4, -0.2) is 40.3 Å². The smallest absolute Gasteiger partial charge is 0.345 e. The second-order valence-electron chi connectivity index (χ2n) is 14.1. The van der Waals surface area contributed by atoms with E-state index in [1.54, 1.807) is 42.7 Å². The molecule has 0 radical (unpaired) electrons. The van der Waals surface area contributed by atoms with Crippen LogP contribution in [0.3, 0.4) is 0 Å². The average Bonchev–Trinajstić information content (AvgIpc) is 3.03. The Kier molecular flexibility index (Phi) is 8.12. The van der Waals surface area contributed by atoms with E-state index in [0.29, 0.717) is 17.5 Å². The van der Waals surface area contributed by atoms with Crippen molar-refractivity contribution in [2.45, 2.75) is 85.0 Å². The van der Waals surface area contributed by atoms with Gasteiger partial charge in [-0.15, -0.1) is 0 Å². The van der Waals surface area contributed by atoms with Gasteiger partial charge in [-0.1, -0.05) is 39.8 Å². The summed E-state index contributed by atoms with van der Waals surface area (Å²) in [5.41, 5.74) is -0.806. The third kappa shape index (κ3) is 5.13. The Morgan fingerprint density at radius 3 is 2.52 bits per heavy atom. The number of aliphatic hydroxyl groups excluding tert-OH is 1. The lowest BCUT2D eigenvalue weighted by Crippen LogP contribution is -2.70. The Morgan fingerprint density at radius 2 is 1.87 bits per heavy atom. The molecule has 0 spiro atoms. The topological polar surface area (TPSA) is 125 Å². The number of aryl methyl sites for hydroxylation is 1. The van der Waals surface area contributed by atoms with Crippen molar-refractivity contribution in [3.05, 3.63) is 82.0 Å². The summed E-state index contributed by atoms with van der Waals surface area (Å²) in [5, 5.41) is 12.3. The van der Waals surface area contributed by atoms with Gasteiger partial charge in [-0.25, -0.2) is 9.59 Å². The summed E-state index contributed by atoms with van der Waals surface area (Å²) in [5.74, 6) is -1.02. The van der Waals surface area contributed by atoms with Gasteiger partial charge in [0.15, 0.2) is 0 Å². The second kappa shape index (κ2) is 11.7. The fraction of sp³-hybridized carbons (Fsp3) is 0.514. The number of rotatable bonds is 6. The van der Waals surface area contributed by atoms with Crippen LogP contribution >= 0.6 is 0 Å². The first-order valence-electron chi connectivity index (χ1n) is 16.2. The standard InChI is InChI=1S/C37H43NO8/c1-7-23-10-12-24(13-11-23)33(41)45-29-18-28-35(4,15-14-21(2)36(28,5)20-43-22(3)39)32-31(40)30-27(46-37(29,32)6)17-26(44-34(30)42)25-9-8-16-38-19-25/h8-13,16-17,19,21,28-29,31-32,40H,7,14-15,18,20H2,1-6H3/t21-,28?,29-,31-,32?,35-,36+,37+/m0/s1. The zero-order chi connectivity index (χ0) is 33.0. The maximum atomic E-state index is 13.7. The molecule has 0 amide bonds. The number of aliphatic hydroxyl groups is 1. The van der Waals surface area contributed by atoms with E-state index in [-0.39, 0.29) is 41.5 Å². The molecule has 0 saturated heterocycles. The largest absolute Gasteiger partial charge is 0.482 e. The van der Waals surface area contributed by atoms with Crippen molar-refractivity contribution in [1.29, 1.82) is 0 Å². The van der Waals surface area contributed by atoms with Crippen LogP contribution in [-0.2, 0) is 20.7 Å². The van der Waals surface area contributed by atoms with Crippen molar-refractivity contribution in [2.24, 2.45) is 28.6 Å². The second-order valence-corrected chi connectivity index (χ2v) is 14.1. The molecule has 9 heteroatoms. The van der Waals surface area contributed by atoms with Crippen LogP contribution in [0.25, 0.3) is 11.3 Å². The number of fused-ring (bicyclic) bond motifs is 4. The van der Waals surface area contributed by atoms with Gasteiger partial charge < -0.3 is 23.7 Å². The van der Waals surface area contributed by atoms with Crippen molar-refractivity contribution in [1.82, 2.24) is 4.98 Å². The molecule has 6 rings (SSSR count). The number of benzene rings is 1. The van der Waals surface area contributed by atoms with Crippen molar-refractivity contribution in [3.8, 4) is 17.1 Å². The molecule has 46 heavy (non-hydrogen) atoms. The van der Waals surface area contributed by atoms with Gasteiger partial charge in [-0.3, -0.25) is 9.78 Å². The first-order chi connectivity index (χ1) is 21.8. The number of pyridine rings is 1. The predicted octanol–water partition coefficient (Wildman–Crippen LogP) is 6.32. The Hall–Kier alpha value is -3.98. The zero-order valence-electron chi connectivity index (χ0n) is 27.4. The molecule has 244 valence electrons. The van der Waals surface area contributed by atoms with Crippen LogP contribution in [0.5, 0.6) is 5.75 Å². The van der Waals surface area contributed by atoms with Crippen molar-refractivity contribution >= 4 is 11.9 Å². The average molecular weight is 630 g/mol. The minimum absolute atomic E-state index is 0.0533. The number of esters is 2. The van der Waals surface area contributed by atoms with Gasteiger partial charge in [0, 0.05) is 42.3 Å². The number of ether oxygens (including phenoxy) is 3. The summed E-state index contributed by atoms with van der Waals surface area (Å²) in [6, 6.07) is 12.5. The molecule has 2 unspecified atom stereocenters. The van der Waals surface area contributed by atoms with E-state index in [0.717, 1.165) is 24.8 Å². The van der Waals surface area contributed by atoms with Gasteiger partial charge in [0.25, 0.3) is 0 Å². The molecule has 1 aromatic carbocycles. The van der Waals surface area contributed by atoms with E-state index in [2.05, 4.69) is 32.7 Å². The van der Waals surface area contributed by atoms with Crippen LogP contribution in [0.4, 0.5) is 0 Å². The lowest BCUT2D eigenvalue weighted by Gasteiger charge is -2.66. The fourth-order valence-corrected chi connectivity index (χ4v) is 8.77. The zero-order valence-corrected chi connectivity index (χ0v) is 27.4. The molecule has 3 heterocycles. The minimum Gasteiger partial charge on any atom is -0.482 e. The molecule has 2 aliphatic carbocycles. The summed E-state index contributed by atoms with van der Waals surface area (Å²) in [6.45, 7) is 11.9. The molecule has 3 aliphatic rings. The van der Waals surface area contributed by atoms with E-state index in [1.807, 2.05) is 19.1 Å². The van der Waals surface area contributed by atoms with Gasteiger partial charge in [0.05, 0.1) is 18.3 Å². The predicted molar refractivity (Wildman–Crippen MR) is 170 cm³/mol. The van der Waals surface area contributed by atoms with Crippen LogP contribution in [0.15, 0.2) is 64.1 Å². The summed E-state index contributed by atoms with van der Waals surface area (Å²) < 4.78 is 24.6. The highest BCUT2D eigenvalue weighted by Crippen LogP contribution is 2.68. The maximum Gasteiger partial charge on any atom is 0.345 e. The molecule has 9 nitrogen and oxygen atoms in total. The van der Waals surface area contributed by atoms with E-state index in [1.165, 1.54) is 6.92 Å². The third-order valence-corrected chi connectivity index (χ3v) is 11.5. The van der Waals surface area contributed by atoms with Gasteiger partial charge in [0.2, 0.25) is 0 Å². The van der Waals surface area contributed by atoms with Crippen LogP contribution in [0.1, 0.15) is 88.4 Å². The number of hydrogen-bond acceptors (Lipinski definition) is 9. The molecule has 1 N–H and O–H groups in total. The number of aromatic nitrogens is 1. The number of nitrogens with zero attached hydrogens (tertiary/aromatic N) is 1. The molecule has 2 saturated carbocycles. The Balaban J connectivity index is 1.48. The van der Waals surface area contributed by atoms with E-state index in [4.69, 9.17) is 18.6 Å². The third-order valence-electron chi connectivity index (χ3n) is 11.5. The van der Waals surface area contributed by atoms with Gasteiger partial charge in [0.1, 0.15) is 28.8 Å². The summed E-state index contributed by atoms with van der Waals surface area (Å²) in [6.07, 6.45) is 3.97. The summed E-state index contributed by atoms with van der Waals surface area (Å²) >= 11 is 0. The van der Waals surface area contributed by atoms with E-state index in [9.17, 15) is 19.5 Å². The number of carbonyl (C=O) groups excluding carboxylic acids is 2. The SMILES string of the molecule is CCc1ccc(C(=O)O[C@H]2CC3[C@](C)(CC[C@H](C)[C@@]3(C)COC(C)=O)C3[C@@H](O)c4c(cc(-c5cccnc5)oc4=O)O[C@@]32C)cc1. The lowest BCUT2D eigenvalue weighted by atomic mass is 9.41. The number of hydrogen-bond donors (Lipinski definition) is 1. The first kappa shape index (κ1) is 32.0. The Labute approximate surface area is 269 Å². The summed E-state index contributed by atoms with van der Waals surface area (Å²) in [4.78, 5) is 43.5.